The van der Waals surface area contributed by atoms with E-state index >= 15 is 0 Å². The van der Waals surface area contributed by atoms with Crippen LogP contribution in [0.2, 0.25) is 0 Å². The molecule has 1 saturated heterocycles. The van der Waals surface area contributed by atoms with Crippen molar-refractivity contribution in [3.8, 4) is 6.07 Å². The summed E-state index contributed by atoms with van der Waals surface area (Å²) in [6.45, 7) is 4.14. The second-order valence-electron chi connectivity index (χ2n) is 4.30. The summed E-state index contributed by atoms with van der Waals surface area (Å²) in [5, 5.41) is 9.11. The Morgan fingerprint density at radius 2 is 2.29 bits per heavy atom. The van der Waals surface area contributed by atoms with Gasteiger partial charge < -0.3 is 4.42 Å². The second kappa shape index (κ2) is 4.42. The molecule has 0 aromatic carbocycles. The minimum Gasteiger partial charge on any atom is -0.444 e. The van der Waals surface area contributed by atoms with Gasteiger partial charge in [-0.3, -0.25) is 9.69 Å². The van der Waals surface area contributed by atoms with E-state index in [-0.39, 0.29) is 11.8 Å². The highest BCUT2D eigenvalue weighted by Crippen LogP contribution is 2.33. The van der Waals surface area contributed by atoms with Crippen molar-refractivity contribution in [1.82, 2.24) is 0 Å². The highest BCUT2D eigenvalue weighted by Gasteiger charge is 2.34. The van der Waals surface area contributed by atoms with Crippen molar-refractivity contribution in [3.05, 3.63) is 16.9 Å². The molecule has 1 fully saturated rings. The third-order valence-corrected chi connectivity index (χ3v) is 3.58. The minimum absolute atomic E-state index is 0.0269. The van der Waals surface area contributed by atoms with Gasteiger partial charge in [-0.15, -0.1) is 11.6 Å². The largest absolute Gasteiger partial charge is 0.444 e. The maximum Gasteiger partial charge on any atom is 0.229 e. The maximum atomic E-state index is 11.8. The minimum atomic E-state index is -0.0269. The number of carbonyl (C=O) groups is 1. The Hall–Kier alpha value is -1.47. The summed E-state index contributed by atoms with van der Waals surface area (Å²) < 4.78 is 5.52. The Balaban J connectivity index is 2.39. The zero-order valence-corrected chi connectivity index (χ0v) is 10.5. The van der Waals surface area contributed by atoms with E-state index in [4.69, 9.17) is 21.3 Å². The standard InChI is InChI=1S/C12H13ClN2O2/c1-7-8(2)17-12(10(7)5-14)15-6-9(4-13)3-11(15)16/h9H,3-4,6H2,1-2H3. The zero-order valence-electron chi connectivity index (χ0n) is 9.79. The molecule has 0 spiro atoms. The number of hydrogen-bond acceptors (Lipinski definition) is 3. The molecular formula is C12H13ClN2O2. The van der Waals surface area contributed by atoms with Crippen LogP contribution in [0.5, 0.6) is 0 Å². The molecule has 1 aliphatic heterocycles. The molecule has 0 radical (unpaired) electrons. The van der Waals surface area contributed by atoms with Crippen LogP contribution in [-0.4, -0.2) is 18.3 Å². The fourth-order valence-corrected chi connectivity index (χ4v) is 2.22. The quantitative estimate of drug-likeness (QED) is 0.760. The first-order valence-corrected chi connectivity index (χ1v) is 5.98. The van der Waals surface area contributed by atoms with Gasteiger partial charge in [0.05, 0.1) is 0 Å². The van der Waals surface area contributed by atoms with E-state index in [0.717, 1.165) is 5.56 Å². The lowest BCUT2D eigenvalue weighted by Gasteiger charge is -2.13. The first-order valence-electron chi connectivity index (χ1n) is 5.44. The molecule has 2 rings (SSSR count). The maximum absolute atomic E-state index is 11.8. The van der Waals surface area contributed by atoms with Crippen molar-refractivity contribution in [2.75, 3.05) is 17.3 Å². The lowest BCUT2D eigenvalue weighted by Crippen LogP contribution is -2.25. The van der Waals surface area contributed by atoms with Gasteiger partial charge in [0.2, 0.25) is 11.8 Å². The molecule has 0 bridgehead atoms. The summed E-state index contributed by atoms with van der Waals surface area (Å²) in [4.78, 5) is 13.4. The molecule has 5 heteroatoms. The van der Waals surface area contributed by atoms with E-state index in [0.29, 0.717) is 36.1 Å². The van der Waals surface area contributed by atoms with Crippen LogP contribution in [0.25, 0.3) is 0 Å². The predicted octanol–water partition coefficient (Wildman–Crippen LogP) is 2.36. The number of hydrogen-bond donors (Lipinski definition) is 0. The van der Waals surface area contributed by atoms with Gasteiger partial charge in [0.1, 0.15) is 17.4 Å². The zero-order chi connectivity index (χ0) is 12.6. The summed E-state index contributed by atoms with van der Waals surface area (Å²) in [5.74, 6) is 1.61. The van der Waals surface area contributed by atoms with Gasteiger partial charge in [0, 0.05) is 24.4 Å². The smallest absolute Gasteiger partial charge is 0.229 e. The van der Waals surface area contributed by atoms with Gasteiger partial charge in [-0.2, -0.15) is 5.26 Å². The highest BCUT2D eigenvalue weighted by atomic mass is 35.5. The van der Waals surface area contributed by atoms with Gasteiger partial charge in [0.15, 0.2) is 0 Å². The molecule has 1 aliphatic rings. The molecule has 1 unspecified atom stereocenters. The van der Waals surface area contributed by atoms with Crippen LogP contribution in [0.15, 0.2) is 4.42 Å². The van der Waals surface area contributed by atoms with Crippen LogP contribution in [0.4, 0.5) is 5.88 Å². The van der Waals surface area contributed by atoms with Crippen molar-refractivity contribution in [1.29, 1.82) is 5.26 Å². The van der Waals surface area contributed by atoms with E-state index in [9.17, 15) is 4.79 Å². The molecule has 1 aromatic rings. The fourth-order valence-electron chi connectivity index (χ4n) is 2.01. The molecule has 0 aliphatic carbocycles. The highest BCUT2D eigenvalue weighted by molar-refractivity contribution is 6.18. The number of furan rings is 1. The van der Waals surface area contributed by atoms with Gasteiger partial charge >= 0.3 is 0 Å². The summed E-state index contributed by atoms with van der Waals surface area (Å²) in [5.41, 5.74) is 1.25. The third-order valence-electron chi connectivity index (χ3n) is 3.15. The topological polar surface area (TPSA) is 57.2 Å². The van der Waals surface area contributed by atoms with Crippen LogP contribution in [0.3, 0.4) is 0 Å². The molecule has 2 heterocycles. The van der Waals surface area contributed by atoms with Crippen molar-refractivity contribution >= 4 is 23.4 Å². The lowest BCUT2D eigenvalue weighted by molar-refractivity contribution is -0.117. The molecule has 90 valence electrons. The second-order valence-corrected chi connectivity index (χ2v) is 4.61. The van der Waals surface area contributed by atoms with Crippen LogP contribution < -0.4 is 4.90 Å². The number of halogens is 1. The molecule has 1 atom stereocenters. The molecular weight excluding hydrogens is 240 g/mol. The molecule has 4 nitrogen and oxygen atoms in total. The predicted molar refractivity (Wildman–Crippen MR) is 64.1 cm³/mol. The van der Waals surface area contributed by atoms with Crippen molar-refractivity contribution in [2.45, 2.75) is 20.3 Å². The molecule has 0 saturated carbocycles. The molecule has 17 heavy (non-hydrogen) atoms. The summed E-state index contributed by atoms with van der Waals surface area (Å²) >= 11 is 5.76. The van der Waals surface area contributed by atoms with Gasteiger partial charge in [-0.1, -0.05) is 0 Å². The summed E-state index contributed by atoms with van der Waals surface area (Å²) in [6, 6.07) is 2.09. The van der Waals surface area contributed by atoms with E-state index < -0.39 is 0 Å². The normalized spacial score (nSPS) is 19.8. The number of aryl methyl sites for hydroxylation is 1. The van der Waals surface area contributed by atoms with Crippen molar-refractivity contribution in [3.63, 3.8) is 0 Å². The summed E-state index contributed by atoms with van der Waals surface area (Å²) in [6.07, 6.45) is 0.424. The number of amides is 1. The lowest BCUT2D eigenvalue weighted by atomic mass is 10.1. The van der Waals surface area contributed by atoms with Crippen molar-refractivity contribution < 1.29 is 9.21 Å². The first kappa shape index (κ1) is 12.0. The Kier molecular flexibility index (Phi) is 3.12. The Labute approximate surface area is 105 Å². The number of anilines is 1. The van der Waals surface area contributed by atoms with Gasteiger partial charge in [-0.05, 0) is 19.8 Å². The molecule has 0 N–H and O–H groups in total. The third kappa shape index (κ3) is 1.91. The molecule has 1 amide bonds. The number of nitrogens with zero attached hydrogens (tertiary/aromatic N) is 2. The Morgan fingerprint density at radius 3 is 2.82 bits per heavy atom. The Bertz CT molecular complexity index is 501. The van der Waals surface area contributed by atoms with Crippen LogP contribution in [-0.2, 0) is 4.79 Å². The molecule has 1 aromatic heterocycles. The van der Waals surface area contributed by atoms with E-state index in [1.165, 1.54) is 4.90 Å². The average Bonchev–Trinajstić information content (AvgIpc) is 2.81. The SMILES string of the molecule is Cc1oc(N2CC(CCl)CC2=O)c(C#N)c1C. The monoisotopic (exact) mass is 252 g/mol. The summed E-state index contributed by atoms with van der Waals surface area (Å²) in [7, 11) is 0. The van der Waals surface area contributed by atoms with E-state index in [1.807, 2.05) is 6.92 Å². The van der Waals surface area contributed by atoms with Gasteiger partial charge in [0.25, 0.3) is 0 Å². The van der Waals surface area contributed by atoms with Crippen molar-refractivity contribution in [2.24, 2.45) is 5.92 Å². The van der Waals surface area contributed by atoms with Crippen LogP contribution in [0, 0.1) is 31.1 Å². The first-order chi connectivity index (χ1) is 8.08. The van der Waals surface area contributed by atoms with E-state index in [2.05, 4.69) is 6.07 Å². The number of rotatable bonds is 2. The Morgan fingerprint density at radius 1 is 1.59 bits per heavy atom. The number of carbonyl (C=O) groups excluding carboxylic acids is 1. The number of alkyl halides is 1. The van der Waals surface area contributed by atoms with E-state index in [1.54, 1.807) is 6.92 Å². The number of nitriles is 1. The fraction of sp³-hybridized carbons (Fsp3) is 0.500. The van der Waals surface area contributed by atoms with Gasteiger partial charge in [-0.25, -0.2) is 0 Å². The average molecular weight is 253 g/mol. The van der Waals surface area contributed by atoms with Crippen LogP contribution >= 0.6 is 11.6 Å². The van der Waals surface area contributed by atoms with Crippen LogP contribution in [0.1, 0.15) is 23.3 Å².